The monoisotopic (exact) mass is 408 g/mol. The summed E-state index contributed by atoms with van der Waals surface area (Å²) < 4.78 is 0. The second kappa shape index (κ2) is 6.68. The summed E-state index contributed by atoms with van der Waals surface area (Å²) in [7, 11) is 0. The Morgan fingerprint density at radius 3 is 1.13 bits per heavy atom. The van der Waals surface area contributed by atoms with Crippen molar-refractivity contribution in [2.45, 2.75) is 50.6 Å². The molecule has 4 aliphatic rings. The van der Waals surface area contributed by atoms with Gasteiger partial charge in [0.05, 0.1) is 0 Å². The Kier molecular flexibility index (Phi) is 4.20. The van der Waals surface area contributed by atoms with E-state index < -0.39 is 46.8 Å². The third kappa shape index (κ3) is 2.66. The molecule has 0 heterocycles. The van der Waals surface area contributed by atoms with E-state index in [2.05, 4.69) is 10.6 Å². The molecule has 2 saturated carbocycles. The van der Waals surface area contributed by atoms with E-state index >= 15 is 0 Å². The van der Waals surface area contributed by atoms with Crippen molar-refractivity contribution in [2.24, 2.45) is 11.8 Å². The molecule has 0 radical (unpaired) electrons. The number of nitrogens with one attached hydrogen (secondary N) is 2. The fourth-order valence-corrected chi connectivity index (χ4v) is 4.43. The smallest absolute Gasteiger partial charge is 0.239 e. The zero-order valence-electron chi connectivity index (χ0n) is 16.2. The maximum Gasteiger partial charge on any atom is 0.239 e. The molecule has 8 nitrogen and oxygen atoms in total. The van der Waals surface area contributed by atoms with Crippen LogP contribution in [0.5, 0.6) is 0 Å². The minimum absolute atomic E-state index is 0.0232. The first-order chi connectivity index (χ1) is 14.4. The molecule has 0 aromatic heterocycles. The van der Waals surface area contributed by atoms with E-state index in [1.165, 1.54) is 12.1 Å². The van der Waals surface area contributed by atoms with Gasteiger partial charge in [-0.2, -0.15) is 0 Å². The zero-order chi connectivity index (χ0) is 21.2. The maximum atomic E-state index is 12.8. The summed E-state index contributed by atoms with van der Waals surface area (Å²) in [4.78, 5) is 76.0. The highest BCUT2D eigenvalue weighted by Crippen LogP contribution is 2.36. The Bertz CT molecular complexity index is 916. The molecule has 5 rings (SSSR count). The molecule has 2 amide bonds. The molecule has 2 N–H and O–H groups in total. The summed E-state index contributed by atoms with van der Waals surface area (Å²) in [6.07, 6.45) is 5.24. The lowest BCUT2D eigenvalue weighted by Gasteiger charge is -2.27. The van der Waals surface area contributed by atoms with Gasteiger partial charge in [0.2, 0.25) is 11.8 Å². The molecule has 30 heavy (non-hydrogen) atoms. The highest BCUT2D eigenvalue weighted by Gasteiger charge is 2.49. The number of fused-ring (bicyclic) bond motifs is 2. The van der Waals surface area contributed by atoms with Crippen LogP contribution in [0.4, 0.5) is 0 Å². The number of carbonyl (C=O) groups excluding carboxylic acids is 6. The molecule has 8 heteroatoms. The maximum absolute atomic E-state index is 12.8. The topological polar surface area (TPSA) is 126 Å². The van der Waals surface area contributed by atoms with Crippen LogP contribution in [-0.4, -0.2) is 47.0 Å². The van der Waals surface area contributed by atoms with E-state index in [0.717, 1.165) is 38.5 Å². The van der Waals surface area contributed by atoms with Gasteiger partial charge >= 0.3 is 0 Å². The predicted octanol–water partition coefficient (Wildman–Crippen LogP) is 1.01. The van der Waals surface area contributed by atoms with Crippen molar-refractivity contribution in [3.63, 3.8) is 0 Å². The van der Waals surface area contributed by atoms with Crippen LogP contribution in [0.2, 0.25) is 0 Å². The van der Waals surface area contributed by atoms with Crippen LogP contribution in [0.25, 0.3) is 0 Å². The fourth-order valence-electron chi connectivity index (χ4n) is 4.43. The normalized spacial score (nSPS) is 21.9. The zero-order valence-corrected chi connectivity index (χ0v) is 16.2. The standard InChI is InChI=1S/C22H20N2O6/c25-17-11-7-13-14(20(28)16(19(13)27)22(30)24-10-5-2-6-10)8-12(11)18(26)15(17)21(29)23-9-3-1-4-9/h7-10,15-16H,1-6H2,(H,23,29)(H,24,30). The summed E-state index contributed by atoms with van der Waals surface area (Å²) in [5.41, 5.74) is -0.134. The van der Waals surface area contributed by atoms with Crippen molar-refractivity contribution < 1.29 is 28.8 Å². The summed E-state index contributed by atoms with van der Waals surface area (Å²) in [6, 6.07) is 2.37. The lowest BCUT2D eigenvalue weighted by molar-refractivity contribution is -0.124. The first-order valence-electron chi connectivity index (χ1n) is 10.3. The molecule has 2 fully saturated rings. The Balaban J connectivity index is 1.42. The van der Waals surface area contributed by atoms with Gasteiger partial charge in [0.1, 0.15) is 0 Å². The highest BCUT2D eigenvalue weighted by atomic mass is 16.2. The van der Waals surface area contributed by atoms with E-state index in [1.807, 2.05) is 0 Å². The van der Waals surface area contributed by atoms with E-state index in [0.29, 0.717) is 0 Å². The van der Waals surface area contributed by atoms with E-state index in [9.17, 15) is 28.8 Å². The molecule has 154 valence electrons. The number of rotatable bonds is 4. The summed E-state index contributed by atoms with van der Waals surface area (Å²) in [5, 5.41) is 5.42. The number of hydrogen-bond acceptors (Lipinski definition) is 6. The molecule has 1 aromatic rings. The first-order valence-corrected chi connectivity index (χ1v) is 10.3. The molecule has 0 unspecified atom stereocenters. The third-order valence-electron chi connectivity index (χ3n) is 6.70. The van der Waals surface area contributed by atoms with Gasteiger partial charge < -0.3 is 10.6 Å². The van der Waals surface area contributed by atoms with Crippen molar-refractivity contribution >= 4 is 34.9 Å². The number of hydrogen-bond donors (Lipinski definition) is 2. The molecular formula is C22H20N2O6. The van der Waals surface area contributed by atoms with Gasteiger partial charge in [-0.3, -0.25) is 28.8 Å². The molecule has 0 spiro atoms. The van der Waals surface area contributed by atoms with Crippen LogP contribution in [0.3, 0.4) is 0 Å². The Labute approximate surface area is 171 Å². The van der Waals surface area contributed by atoms with E-state index in [1.54, 1.807) is 0 Å². The summed E-state index contributed by atoms with van der Waals surface area (Å²) in [6.45, 7) is 0. The number of ketones is 4. The van der Waals surface area contributed by atoms with Gasteiger partial charge in [-0.1, -0.05) is 0 Å². The summed E-state index contributed by atoms with van der Waals surface area (Å²) in [5.74, 6) is -6.91. The Hall–Kier alpha value is -3.16. The van der Waals surface area contributed by atoms with Gasteiger partial charge in [0.25, 0.3) is 0 Å². The van der Waals surface area contributed by atoms with Crippen LogP contribution < -0.4 is 10.6 Å². The van der Waals surface area contributed by atoms with Gasteiger partial charge in [0, 0.05) is 34.3 Å². The Morgan fingerprint density at radius 1 is 0.600 bits per heavy atom. The highest BCUT2D eigenvalue weighted by molar-refractivity contribution is 6.39. The average molecular weight is 408 g/mol. The lowest BCUT2D eigenvalue weighted by Crippen LogP contribution is -2.45. The predicted molar refractivity (Wildman–Crippen MR) is 102 cm³/mol. The van der Waals surface area contributed by atoms with Crippen molar-refractivity contribution in [2.75, 3.05) is 0 Å². The van der Waals surface area contributed by atoms with Gasteiger partial charge in [0.15, 0.2) is 35.0 Å². The van der Waals surface area contributed by atoms with Crippen molar-refractivity contribution in [3.05, 3.63) is 34.4 Å². The fraction of sp³-hybridized carbons (Fsp3) is 0.455. The second-order valence-corrected chi connectivity index (χ2v) is 8.54. The van der Waals surface area contributed by atoms with E-state index in [-0.39, 0.29) is 34.3 Å². The number of Topliss-reactive ketones (excluding diaryl/α,β-unsaturated/α-hetero) is 4. The number of amides is 2. The average Bonchev–Trinajstić information content (AvgIpc) is 3.04. The largest absolute Gasteiger partial charge is 0.352 e. The molecule has 1 aromatic carbocycles. The molecule has 4 aliphatic carbocycles. The number of carbonyl (C=O) groups is 6. The van der Waals surface area contributed by atoms with E-state index in [4.69, 9.17) is 0 Å². The summed E-state index contributed by atoms with van der Waals surface area (Å²) >= 11 is 0. The second-order valence-electron chi connectivity index (χ2n) is 8.54. The van der Waals surface area contributed by atoms with Crippen molar-refractivity contribution in [1.29, 1.82) is 0 Å². The van der Waals surface area contributed by atoms with Gasteiger partial charge in [-0.25, -0.2) is 0 Å². The van der Waals surface area contributed by atoms with Crippen LogP contribution >= 0.6 is 0 Å². The molecule has 0 saturated heterocycles. The quantitative estimate of drug-likeness (QED) is 0.716. The molecule has 0 bridgehead atoms. The lowest BCUT2D eigenvalue weighted by atomic mass is 9.91. The molecular weight excluding hydrogens is 388 g/mol. The minimum atomic E-state index is -1.48. The minimum Gasteiger partial charge on any atom is -0.352 e. The van der Waals surface area contributed by atoms with Crippen LogP contribution in [0.15, 0.2) is 12.1 Å². The number of benzene rings is 1. The van der Waals surface area contributed by atoms with Crippen LogP contribution in [0, 0.1) is 11.8 Å². The van der Waals surface area contributed by atoms with Crippen molar-refractivity contribution in [3.8, 4) is 0 Å². The van der Waals surface area contributed by atoms with Crippen LogP contribution in [-0.2, 0) is 9.59 Å². The van der Waals surface area contributed by atoms with Crippen LogP contribution in [0.1, 0.15) is 80.0 Å². The van der Waals surface area contributed by atoms with Crippen molar-refractivity contribution in [1.82, 2.24) is 10.6 Å². The van der Waals surface area contributed by atoms with Gasteiger partial charge in [-0.15, -0.1) is 0 Å². The molecule has 0 aliphatic heterocycles. The molecule has 0 atom stereocenters. The Morgan fingerprint density at radius 2 is 0.900 bits per heavy atom. The SMILES string of the molecule is O=C(NC1CCC1)C1C(=O)c2cc3c(cc2C1=O)C(=O)C(C(=O)NC1CCC1)C3=O. The van der Waals surface area contributed by atoms with Gasteiger partial charge in [-0.05, 0) is 50.7 Å². The third-order valence-corrected chi connectivity index (χ3v) is 6.70. The first kappa shape index (κ1) is 18.8.